The topological polar surface area (TPSA) is 76.4 Å². The van der Waals surface area contributed by atoms with Crippen molar-refractivity contribution in [1.82, 2.24) is 24.9 Å². The van der Waals surface area contributed by atoms with Gasteiger partial charge in [-0.05, 0) is 12.1 Å². The molecule has 2 aromatic heterocycles. The average Bonchev–Trinajstić information content (AvgIpc) is 3.09. The maximum absolute atomic E-state index is 11.3. The van der Waals surface area contributed by atoms with E-state index in [1.165, 1.54) is 7.11 Å². The van der Waals surface area contributed by atoms with Crippen LogP contribution in [0.15, 0.2) is 30.6 Å². The first-order valence-electron chi connectivity index (χ1n) is 7.63. The highest BCUT2D eigenvalue weighted by Crippen LogP contribution is 2.12. The molecular formula is C15H21ClN6O2. The summed E-state index contributed by atoms with van der Waals surface area (Å²) in [7, 11) is 1.34. The summed E-state index contributed by atoms with van der Waals surface area (Å²) >= 11 is 0. The van der Waals surface area contributed by atoms with E-state index < -0.39 is 5.97 Å². The number of methoxy groups -OCH3 is 1. The van der Waals surface area contributed by atoms with E-state index in [2.05, 4.69) is 29.8 Å². The lowest BCUT2D eigenvalue weighted by atomic mass is 10.3. The number of rotatable bonds is 5. The Kier molecular flexibility index (Phi) is 6.51. The molecule has 1 aliphatic heterocycles. The van der Waals surface area contributed by atoms with E-state index in [-0.39, 0.29) is 18.1 Å². The molecule has 0 unspecified atom stereocenters. The number of anilines is 1. The second kappa shape index (κ2) is 8.60. The van der Waals surface area contributed by atoms with E-state index in [4.69, 9.17) is 0 Å². The average molecular weight is 353 g/mol. The molecule has 0 spiro atoms. The van der Waals surface area contributed by atoms with E-state index in [0.29, 0.717) is 6.54 Å². The highest BCUT2D eigenvalue weighted by Gasteiger charge is 2.18. The molecule has 24 heavy (non-hydrogen) atoms. The zero-order valence-electron chi connectivity index (χ0n) is 13.5. The van der Waals surface area contributed by atoms with Crippen molar-refractivity contribution in [3.05, 3.63) is 36.3 Å². The van der Waals surface area contributed by atoms with Gasteiger partial charge in [0.05, 0.1) is 19.9 Å². The van der Waals surface area contributed by atoms with Gasteiger partial charge in [-0.15, -0.1) is 17.5 Å². The van der Waals surface area contributed by atoms with Crippen LogP contribution in [0, 0.1) is 0 Å². The maximum atomic E-state index is 11.3. The van der Waals surface area contributed by atoms with Gasteiger partial charge in [-0.1, -0.05) is 11.3 Å². The third-order valence-electron chi connectivity index (χ3n) is 3.92. The quantitative estimate of drug-likeness (QED) is 0.733. The summed E-state index contributed by atoms with van der Waals surface area (Å²) in [6.07, 6.45) is 3.45. The van der Waals surface area contributed by atoms with Crippen molar-refractivity contribution in [2.45, 2.75) is 6.54 Å². The molecule has 0 atom stereocenters. The summed E-state index contributed by atoms with van der Waals surface area (Å²) in [6, 6.07) is 5.98. The molecule has 3 rings (SSSR count). The second-order valence-electron chi connectivity index (χ2n) is 5.38. The van der Waals surface area contributed by atoms with E-state index >= 15 is 0 Å². The number of esters is 1. The third-order valence-corrected chi connectivity index (χ3v) is 3.92. The number of carbonyl (C=O) groups is 1. The van der Waals surface area contributed by atoms with Gasteiger partial charge in [-0.25, -0.2) is 9.78 Å². The molecule has 0 radical (unpaired) electrons. The molecule has 0 saturated carbocycles. The summed E-state index contributed by atoms with van der Waals surface area (Å²) in [4.78, 5) is 20.4. The van der Waals surface area contributed by atoms with Gasteiger partial charge in [0.2, 0.25) is 0 Å². The monoisotopic (exact) mass is 352 g/mol. The number of halogens is 1. The Balaban J connectivity index is 0.00000208. The Morgan fingerprint density at radius 3 is 2.67 bits per heavy atom. The molecule has 1 aliphatic rings. The lowest BCUT2D eigenvalue weighted by Gasteiger charge is -2.35. The van der Waals surface area contributed by atoms with Crippen LogP contribution in [-0.4, -0.2) is 70.7 Å². The smallest absolute Gasteiger partial charge is 0.360 e. The SMILES string of the molecule is COC(=O)c1cn(CCN2CCN(c3ccccn3)CC2)nn1.Cl. The molecule has 1 fully saturated rings. The number of nitrogens with zero attached hydrogens (tertiary/aromatic N) is 6. The van der Waals surface area contributed by atoms with Gasteiger partial charge in [-0.3, -0.25) is 9.58 Å². The van der Waals surface area contributed by atoms with Gasteiger partial charge in [-0.2, -0.15) is 0 Å². The molecule has 1 saturated heterocycles. The van der Waals surface area contributed by atoms with Crippen LogP contribution in [0.5, 0.6) is 0 Å². The highest BCUT2D eigenvalue weighted by atomic mass is 35.5. The van der Waals surface area contributed by atoms with Crippen molar-refractivity contribution in [3.63, 3.8) is 0 Å². The van der Waals surface area contributed by atoms with Crippen LogP contribution in [0.1, 0.15) is 10.5 Å². The molecule has 8 nitrogen and oxygen atoms in total. The molecule has 2 aromatic rings. The summed E-state index contributed by atoms with van der Waals surface area (Å²) in [5.41, 5.74) is 0.243. The fraction of sp³-hybridized carbons (Fsp3) is 0.467. The van der Waals surface area contributed by atoms with Gasteiger partial charge >= 0.3 is 5.97 Å². The number of hydrogen-bond donors (Lipinski definition) is 0. The van der Waals surface area contributed by atoms with E-state index in [0.717, 1.165) is 38.5 Å². The normalized spacial score (nSPS) is 15.0. The zero-order valence-corrected chi connectivity index (χ0v) is 14.4. The fourth-order valence-electron chi connectivity index (χ4n) is 2.59. The number of hydrogen-bond acceptors (Lipinski definition) is 7. The minimum Gasteiger partial charge on any atom is -0.464 e. The van der Waals surface area contributed by atoms with Gasteiger partial charge in [0.15, 0.2) is 5.69 Å². The first kappa shape index (κ1) is 18.2. The zero-order chi connectivity index (χ0) is 16.1. The van der Waals surface area contributed by atoms with Crippen molar-refractivity contribution in [1.29, 1.82) is 0 Å². The lowest BCUT2D eigenvalue weighted by Crippen LogP contribution is -2.47. The van der Waals surface area contributed by atoms with Crippen molar-refractivity contribution >= 4 is 24.2 Å². The molecule has 0 amide bonds. The summed E-state index contributed by atoms with van der Waals surface area (Å²) in [6.45, 7) is 5.46. The Hall–Kier alpha value is -2.19. The minimum absolute atomic E-state index is 0. The maximum Gasteiger partial charge on any atom is 0.360 e. The second-order valence-corrected chi connectivity index (χ2v) is 5.38. The summed E-state index contributed by atoms with van der Waals surface area (Å²) in [5.74, 6) is 0.575. The highest BCUT2D eigenvalue weighted by molar-refractivity contribution is 5.86. The van der Waals surface area contributed by atoms with Gasteiger partial charge < -0.3 is 9.64 Å². The van der Waals surface area contributed by atoms with Gasteiger partial charge in [0.1, 0.15) is 5.82 Å². The lowest BCUT2D eigenvalue weighted by molar-refractivity contribution is 0.0594. The van der Waals surface area contributed by atoms with E-state index in [1.54, 1.807) is 10.9 Å². The summed E-state index contributed by atoms with van der Waals surface area (Å²) < 4.78 is 6.30. The predicted octanol–water partition coefficient (Wildman–Crippen LogP) is 0.704. The van der Waals surface area contributed by atoms with Gasteiger partial charge in [0, 0.05) is 38.9 Å². The van der Waals surface area contributed by atoms with Crippen molar-refractivity contribution < 1.29 is 9.53 Å². The van der Waals surface area contributed by atoms with E-state index in [9.17, 15) is 4.79 Å². The van der Waals surface area contributed by atoms with Crippen LogP contribution < -0.4 is 4.90 Å². The third kappa shape index (κ3) is 4.42. The standard InChI is InChI=1S/C15H20N6O2.ClH/c1-23-15(22)13-12-21(18-17-13)11-8-19-6-9-20(10-7-19)14-4-2-3-5-16-14;/h2-5,12H,6-11H2,1H3;1H. The Morgan fingerprint density at radius 1 is 1.21 bits per heavy atom. The number of aromatic nitrogens is 4. The number of piperazine rings is 1. The van der Waals surface area contributed by atoms with Crippen LogP contribution >= 0.6 is 12.4 Å². The predicted molar refractivity (Wildman–Crippen MR) is 91.5 cm³/mol. The van der Waals surface area contributed by atoms with Crippen molar-refractivity contribution in [3.8, 4) is 0 Å². The number of pyridine rings is 1. The molecular weight excluding hydrogens is 332 g/mol. The van der Waals surface area contributed by atoms with Crippen LogP contribution in [-0.2, 0) is 11.3 Å². The van der Waals surface area contributed by atoms with Crippen LogP contribution in [0.4, 0.5) is 5.82 Å². The van der Waals surface area contributed by atoms with Crippen molar-refractivity contribution in [2.75, 3.05) is 44.7 Å². The fourth-order valence-corrected chi connectivity index (χ4v) is 2.59. The summed E-state index contributed by atoms with van der Waals surface area (Å²) in [5, 5.41) is 7.76. The first-order chi connectivity index (χ1) is 11.3. The molecule has 3 heterocycles. The molecule has 0 bridgehead atoms. The van der Waals surface area contributed by atoms with Crippen LogP contribution in [0.3, 0.4) is 0 Å². The molecule has 0 aromatic carbocycles. The largest absolute Gasteiger partial charge is 0.464 e. The molecule has 0 N–H and O–H groups in total. The Morgan fingerprint density at radius 2 is 2.00 bits per heavy atom. The molecule has 0 aliphatic carbocycles. The first-order valence-corrected chi connectivity index (χ1v) is 7.63. The number of carbonyl (C=O) groups excluding carboxylic acids is 1. The molecule has 130 valence electrons. The Bertz CT molecular complexity index is 642. The van der Waals surface area contributed by atoms with Crippen LogP contribution in [0.25, 0.3) is 0 Å². The van der Waals surface area contributed by atoms with E-state index in [1.807, 2.05) is 24.4 Å². The van der Waals surface area contributed by atoms with Crippen LogP contribution in [0.2, 0.25) is 0 Å². The number of ether oxygens (including phenoxy) is 1. The Labute approximate surface area is 146 Å². The molecule has 9 heteroatoms. The van der Waals surface area contributed by atoms with Crippen molar-refractivity contribution in [2.24, 2.45) is 0 Å². The minimum atomic E-state index is -0.458. The van der Waals surface area contributed by atoms with Gasteiger partial charge in [0.25, 0.3) is 0 Å².